The second kappa shape index (κ2) is 5.61. The molecule has 0 N–H and O–H groups in total. The molecule has 1 fully saturated rings. The molecule has 1 aliphatic heterocycles. The van der Waals surface area contributed by atoms with Crippen molar-refractivity contribution in [3.63, 3.8) is 0 Å². The van der Waals surface area contributed by atoms with Crippen molar-refractivity contribution in [1.82, 2.24) is 4.31 Å². The average molecular weight is 321 g/mol. The quantitative estimate of drug-likeness (QED) is 0.834. The van der Waals surface area contributed by atoms with E-state index in [9.17, 15) is 21.6 Å². The van der Waals surface area contributed by atoms with E-state index in [1.54, 1.807) is 13.8 Å². The molecule has 0 radical (unpaired) electrons. The minimum absolute atomic E-state index is 0.201. The number of hydrogen-bond donors (Lipinski definition) is 0. The maximum absolute atomic E-state index is 12.7. The fraction of sp³-hybridized carbons (Fsp3) is 0.571. The van der Waals surface area contributed by atoms with Crippen LogP contribution in [0.5, 0.6) is 0 Å². The highest BCUT2D eigenvalue weighted by Gasteiger charge is 2.37. The number of benzene rings is 1. The van der Waals surface area contributed by atoms with Crippen molar-refractivity contribution in [1.29, 1.82) is 0 Å². The molecule has 0 spiro atoms. The van der Waals surface area contributed by atoms with Gasteiger partial charge in [0.1, 0.15) is 0 Å². The van der Waals surface area contributed by atoms with Crippen LogP contribution in [0, 0.1) is 0 Å². The van der Waals surface area contributed by atoms with Crippen LogP contribution in [-0.2, 0) is 16.2 Å². The van der Waals surface area contributed by atoms with E-state index in [0.29, 0.717) is 6.07 Å². The monoisotopic (exact) mass is 321 g/mol. The van der Waals surface area contributed by atoms with Crippen LogP contribution in [0.25, 0.3) is 0 Å². The Hall–Kier alpha value is -1.08. The van der Waals surface area contributed by atoms with Gasteiger partial charge >= 0.3 is 6.18 Å². The Balaban J connectivity index is 2.44. The van der Waals surface area contributed by atoms with Crippen molar-refractivity contribution in [2.24, 2.45) is 0 Å². The summed E-state index contributed by atoms with van der Waals surface area (Å²) < 4.78 is 64.9. The smallest absolute Gasteiger partial charge is 0.207 e. The number of halogens is 3. The Morgan fingerprint density at radius 1 is 1.14 bits per heavy atom. The minimum atomic E-state index is -4.55. The zero-order chi connectivity index (χ0) is 15.8. The molecular formula is C14H18F3NO2S. The van der Waals surface area contributed by atoms with Gasteiger partial charge in [0.25, 0.3) is 0 Å². The first kappa shape index (κ1) is 16.3. The number of hydrogen-bond acceptors (Lipinski definition) is 2. The number of rotatable bonds is 2. The molecule has 0 unspecified atom stereocenters. The van der Waals surface area contributed by atoms with Gasteiger partial charge in [0.2, 0.25) is 10.0 Å². The normalized spacial score (nSPS) is 25.0. The van der Waals surface area contributed by atoms with Crippen LogP contribution < -0.4 is 0 Å². The van der Waals surface area contributed by atoms with Crippen molar-refractivity contribution in [3.8, 4) is 0 Å². The Kier molecular flexibility index (Phi) is 4.35. The SMILES string of the molecule is C[C@@H]1CCC[C@H](C)N1S(=O)(=O)c1cccc(C(F)(F)F)c1. The van der Waals surface area contributed by atoms with Crippen molar-refractivity contribution in [3.05, 3.63) is 29.8 Å². The van der Waals surface area contributed by atoms with Gasteiger partial charge in [-0.3, -0.25) is 0 Å². The van der Waals surface area contributed by atoms with E-state index in [1.165, 1.54) is 10.4 Å². The largest absolute Gasteiger partial charge is 0.416 e. The maximum atomic E-state index is 12.7. The van der Waals surface area contributed by atoms with Gasteiger partial charge in [0.05, 0.1) is 10.5 Å². The van der Waals surface area contributed by atoms with E-state index < -0.39 is 21.8 Å². The van der Waals surface area contributed by atoms with Gasteiger partial charge < -0.3 is 0 Å². The molecule has 1 aromatic carbocycles. The lowest BCUT2D eigenvalue weighted by Crippen LogP contribution is -2.47. The zero-order valence-corrected chi connectivity index (χ0v) is 12.7. The lowest BCUT2D eigenvalue weighted by Gasteiger charge is -2.37. The molecule has 2 atom stereocenters. The van der Waals surface area contributed by atoms with Gasteiger partial charge in [-0.2, -0.15) is 17.5 Å². The van der Waals surface area contributed by atoms with Crippen LogP contribution in [0.3, 0.4) is 0 Å². The molecule has 3 nitrogen and oxygen atoms in total. The molecule has 0 amide bonds. The molecule has 7 heteroatoms. The van der Waals surface area contributed by atoms with Crippen LogP contribution in [0.4, 0.5) is 13.2 Å². The van der Waals surface area contributed by atoms with Crippen molar-refractivity contribution in [2.45, 2.75) is 56.3 Å². The van der Waals surface area contributed by atoms with Crippen LogP contribution in [0.15, 0.2) is 29.2 Å². The van der Waals surface area contributed by atoms with Gasteiger partial charge in [-0.15, -0.1) is 0 Å². The van der Waals surface area contributed by atoms with Crippen molar-refractivity contribution < 1.29 is 21.6 Å². The van der Waals surface area contributed by atoms with Crippen LogP contribution in [0.2, 0.25) is 0 Å². The predicted octanol–water partition coefficient (Wildman–Crippen LogP) is 3.66. The van der Waals surface area contributed by atoms with Crippen LogP contribution >= 0.6 is 0 Å². The number of nitrogens with zero attached hydrogens (tertiary/aromatic N) is 1. The summed E-state index contributed by atoms with van der Waals surface area (Å²) in [5.74, 6) is 0. The van der Waals surface area contributed by atoms with Gasteiger partial charge in [0.15, 0.2) is 0 Å². The van der Waals surface area contributed by atoms with E-state index in [-0.39, 0.29) is 17.0 Å². The molecule has 2 rings (SSSR count). The Morgan fingerprint density at radius 2 is 1.71 bits per heavy atom. The van der Waals surface area contributed by atoms with Gasteiger partial charge in [-0.25, -0.2) is 8.42 Å². The Morgan fingerprint density at radius 3 is 2.24 bits per heavy atom. The van der Waals surface area contributed by atoms with E-state index in [4.69, 9.17) is 0 Å². The summed E-state index contributed by atoms with van der Waals surface area (Å²) in [6.07, 6.45) is -2.17. The second-order valence-corrected chi connectivity index (χ2v) is 7.33. The molecule has 0 saturated carbocycles. The third kappa shape index (κ3) is 3.23. The van der Waals surface area contributed by atoms with Gasteiger partial charge in [0, 0.05) is 12.1 Å². The summed E-state index contributed by atoms with van der Waals surface area (Å²) in [5.41, 5.74) is -0.944. The summed E-state index contributed by atoms with van der Waals surface area (Å²) in [6, 6.07) is 3.54. The molecule has 118 valence electrons. The van der Waals surface area contributed by atoms with Gasteiger partial charge in [-0.1, -0.05) is 12.5 Å². The highest BCUT2D eigenvalue weighted by atomic mass is 32.2. The summed E-state index contributed by atoms with van der Waals surface area (Å²) in [7, 11) is -3.91. The third-order valence-electron chi connectivity index (χ3n) is 3.85. The molecule has 1 aromatic rings. The summed E-state index contributed by atoms with van der Waals surface area (Å²) in [6.45, 7) is 3.58. The Labute approximate surface area is 122 Å². The summed E-state index contributed by atoms with van der Waals surface area (Å²) in [4.78, 5) is -0.294. The van der Waals surface area contributed by atoms with Crippen molar-refractivity contribution in [2.75, 3.05) is 0 Å². The fourth-order valence-corrected chi connectivity index (χ4v) is 4.75. The van der Waals surface area contributed by atoms with Crippen LogP contribution in [0.1, 0.15) is 38.7 Å². The lowest BCUT2D eigenvalue weighted by atomic mass is 10.0. The van der Waals surface area contributed by atoms with E-state index in [0.717, 1.165) is 31.4 Å². The highest BCUT2D eigenvalue weighted by Crippen LogP contribution is 2.33. The topological polar surface area (TPSA) is 37.4 Å². The molecule has 1 heterocycles. The maximum Gasteiger partial charge on any atom is 0.416 e. The van der Waals surface area contributed by atoms with Crippen molar-refractivity contribution >= 4 is 10.0 Å². The zero-order valence-electron chi connectivity index (χ0n) is 11.9. The molecule has 1 aliphatic rings. The third-order valence-corrected chi connectivity index (χ3v) is 5.97. The molecule has 0 bridgehead atoms. The first-order chi connectivity index (χ1) is 9.64. The molecule has 0 aliphatic carbocycles. The molecule has 0 aromatic heterocycles. The van der Waals surface area contributed by atoms with E-state index >= 15 is 0 Å². The van der Waals surface area contributed by atoms with Crippen LogP contribution in [-0.4, -0.2) is 24.8 Å². The number of piperidine rings is 1. The van der Waals surface area contributed by atoms with E-state index in [1.807, 2.05) is 0 Å². The first-order valence-corrected chi connectivity index (χ1v) is 8.29. The lowest BCUT2D eigenvalue weighted by molar-refractivity contribution is -0.137. The average Bonchev–Trinajstić information content (AvgIpc) is 2.37. The minimum Gasteiger partial charge on any atom is -0.207 e. The summed E-state index contributed by atoms with van der Waals surface area (Å²) >= 11 is 0. The predicted molar refractivity (Wildman–Crippen MR) is 73.2 cm³/mol. The number of sulfonamides is 1. The molecule has 21 heavy (non-hydrogen) atoms. The van der Waals surface area contributed by atoms with E-state index in [2.05, 4.69) is 0 Å². The first-order valence-electron chi connectivity index (χ1n) is 6.85. The van der Waals surface area contributed by atoms with Gasteiger partial charge in [-0.05, 0) is 44.9 Å². The molecule has 1 saturated heterocycles. The molecular weight excluding hydrogens is 303 g/mol. The summed E-state index contributed by atoms with van der Waals surface area (Å²) in [5, 5.41) is 0. The Bertz CT molecular complexity index is 603. The number of alkyl halides is 3. The fourth-order valence-electron chi connectivity index (χ4n) is 2.83. The highest BCUT2D eigenvalue weighted by molar-refractivity contribution is 7.89. The second-order valence-electron chi connectivity index (χ2n) is 5.49. The standard InChI is InChI=1S/C14H18F3NO2S/c1-10-5-3-6-11(2)18(10)21(19,20)13-8-4-7-12(9-13)14(15,16)17/h4,7-11H,3,5-6H2,1-2H3/t10-,11+.